The Hall–Kier alpha value is -2.39. The van der Waals surface area contributed by atoms with Crippen LogP contribution in [0.3, 0.4) is 0 Å². The van der Waals surface area contributed by atoms with E-state index in [1.165, 1.54) is 23.1 Å². The van der Waals surface area contributed by atoms with E-state index in [1.54, 1.807) is 11.3 Å². The van der Waals surface area contributed by atoms with Crippen LogP contribution in [0, 0.1) is 0 Å². The van der Waals surface area contributed by atoms with E-state index in [0.29, 0.717) is 19.6 Å². The Bertz CT molecular complexity index is 816. The van der Waals surface area contributed by atoms with Gasteiger partial charge in [-0.3, -0.25) is 14.5 Å². The molecule has 9 heteroatoms. The molecule has 1 aliphatic heterocycles. The molecular weight excluding hydrogens is 391 g/mol. The molecule has 0 spiro atoms. The van der Waals surface area contributed by atoms with Crippen molar-refractivity contribution in [3.63, 3.8) is 0 Å². The minimum atomic E-state index is -4.57. The standard InChI is InChI=1S/C19H20F3N3O2S/c20-19(21,22)16-6-2-1-5-15(16)18(27)25-9-7-24(8-10-25)13-17(26)23-12-14-4-3-11-28-14/h1-6,11H,7-10,12-13H2,(H,23,26). The third-order valence-electron chi connectivity index (χ3n) is 4.53. The van der Waals surface area contributed by atoms with Gasteiger partial charge in [0.05, 0.1) is 24.2 Å². The summed E-state index contributed by atoms with van der Waals surface area (Å²) in [7, 11) is 0. The molecule has 2 heterocycles. The maximum atomic E-state index is 13.1. The predicted molar refractivity (Wildman–Crippen MR) is 100.0 cm³/mol. The first-order valence-corrected chi connectivity index (χ1v) is 9.69. The number of thiophene rings is 1. The summed E-state index contributed by atoms with van der Waals surface area (Å²) < 4.78 is 39.4. The van der Waals surface area contributed by atoms with E-state index in [9.17, 15) is 22.8 Å². The highest BCUT2D eigenvalue weighted by atomic mass is 32.1. The Morgan fingerprint density at radius 2 is 1.75 bits per heavy atom. The van der Waals surface area contributed by atoms with E-state index in [1.807, 2.05) is 22.4 Å². The molecule has 2 aromatic rings. The molecule has 1 fully saturated rings. The summed E-state index contributed by atoms with van der Waals surface area (Å²) in [5, 5.41) is 4.78. The molecule has 3 rings (SSSR count). The minimum absolute atomic E-state index is 0.115. The van der Waals surface area contributed by atoms with Crippen molar-refractivity contribution < 1.29 is 22.8 Å². The van der Waals surface area contributed by atoms with Gasteiger partial charge in [-0.15, -0.1) is 11.3 Å². The average molecular weight is 411 g/mol. The lowest BCUT2D eigenvalue weighted by Gasteiger charge is -2.34. The Balaban J connectivity index is 1.51. The van der Waals surface area contributed by atoms with Gasteiger partial charge in [-0.1, -0.05) is 18.2 Å². The van der Waals surface area contributed by atoms with Gasteiger partial charge in [0.1, 0.15) is 0 Å². The molecule has 1 saturated heterocycles. The van der Waals surface area contributed by atoms with Gasteiger partial charge in [-0.2, -0.15) is 13.2 Å². The van der Waals surface area contributed by atoms with E-state index in [-0.39, 0.29) is 31.1 Å². The number of amides is 2. The first-order valence-electron chi connectivity index (χ1n) is 8.81. The lowest BCUT2D eigenvalue weighted by molar-refractivity contribution is -0.138. The highest BCUT2D eigenvalue weighted by Crippen LogP contribution is 2.32. The molecule has 1 aliphatic rings. The van der Waals surface area contributed by atoms with Crippen molar-refractivity contribution in [2.75, 3.05) is 32.7 Å². The number of halogens is 3. The number of benzene rings is 1. The van der Waals surface area contributed by atoms with Gasteiger partial charge in [-0.25, -0.2) is 0 Å². The maximum absolute atomic E-state index is 13.1. The van der Waals surface area contributed by atoms with Crippen LogP contribution < -0.4 is 5.32 Å². The van der Waals surface area contributed by atoms with E-state index in [4.69, 9.17) is 0 Å². The van der Waals surface area contributed by atoms with Crippen molar-refractivity contribution >= 4 is 23.2 Å². The summed E-state index contributed by atoms with van der Waals surface area (Å²) in [6.07, 6.45) is -4.57. The third-order valence-corrected chi connectivity index (χ3v) is 5.41. The molecule has 0 bridgehead atoms. The fourth-order valence-corrected chi connectivity index (χ4v) is 3.70. The molecule has 0 atom stereocenters. The molecule has 2 amide bonds. The fraction of sp³-hybridized carbons (Fsp3) is 0.368. The average Bonchev–Trinajstić information content (AvgIpc) is 3.19. The summed E-state index contributed by atoms with van der Waals surface area (Å²) in [5.41, 5.74) is -1.26. The molecule has 0 unspecified atom stereocenters. The van der Waals surface area contributed by atoms with Gasteiger partial charge in [0.2, 0.25) is 5.91 Å². The number of hydrogen-bond donors (Lipinski definition) is 1. The molecule has 0 saturated carbocycles. The summed E-state index contributed by atoms with van der Waals surface area (Å²) in [6.45, 7) is 2.11. The van der Waals surface area contributed by atoms with Gasteiger partial charge in [0, 0.05) is 31.1 Å². The second-order valence-electron chi connectivity index (χ2n) is 6.47. The van der Waals surface area contributed by atoms with Crippen LogP contribution in [-0.2, 0) is 17.5 Å². The van der Waals surface area contributed by atoms with Crippen molar-refractivity contribution in [3.8, 4) is 0 Å². The Morgan fingerprint density at radius 1 is 1.04 bits per heavy atom. The summed E-state index contributed by atoms with van der Waals surface area (Å²) >= 11 is 1.56. The number of hydrogen-bond acceptors (Lipinski definition) is 4. The SMILES string of the molecule is O=C(CN1CCN(C(=O)c2ccccc2C(F)(F)F)CC1)NCc1cccs1. The summed E-state index contributed by atoms with van der Waals surface area (Å²) in [5.74, 6) is -0.745. The number of alkyl halides is 3. The second-order valence-corrected chi connectivity index (χ2v) is 7.50. The molecule has 1 N–H and O–H groups in total. The maximum Gasteiger partial charge on any atom is 0.417 e. The Labute approximate surface area is 164 Å². The first kappa shape index (κ1) is 20.3. The molecule has 0 radical (unpaired) electrons. The molecular formula is C19H20F3N3O2S. The Kier molecular flexibility index (Phi) is 6.35. The van der Waals surface area contributed by atoms with E-state index < -0.39 is 17.6 Å². The Morgan fingerprint density at radius 3 is 2.39 bits per heavy atom. The second kappa shape index (κ2) is 8.74. The van der Waals surface area contributed by atoms with Crippen LogP contribution in [0.4, 0.5) is 13.2 Å². The predicted octanol–water partition coefficient (Wildman–Crippen LogP) is 2.84. The topological polar surface area (TPSA) is 52.7 Å². The largest absolute Gasteiger partial charge is 0.417 e. The van der Waals surface area contributed by atoms with E-state index >= 15 is 0 Å². The van der Waals surface area contributed by atoms with Crippen molar-refractivity contribution in [2.24, 2.45) is 0 Å². The highest BCUT2D eigenvalue weighted by molar-refractivity contribution is 7.09. The third kappa shape index (κ3) is 5.11. The molecule has 150 valence electrons. The molecule has 1 aromatic heterocycles. The van der Waals surface area contributed by atoms with Crippen LogP contribution in [0.15, 0.2) is 41.8 Å². The molecule has 0 aliphatic carbocycles. The molecule has 28 heavy (non-hydrogen) atoms. The molecule has 1 aromatic carbocycles. The van der Waals surface area contributed by atoms with E-state index in [0.717, 1.165) is 10.9 Å². The van der Waals surface area contributed by atoms with Crippen molar-refractivity contribution in [1.82, 2.24) is 15.1 Å². The lowest BCUT2D eigenvalue weighted by atomic mass is 10.1. The number of carbonyl (C=O) groups excluding carboxylic acids is 2. The number of nitrogens with one attached hydrogen (secondary N) is 1. The zero-order valence-corrected chi connectivity index (χ0v) is 15.9. The van der Waals surface area contributed by atoms with Crippen LogP contribution in [0.1, 0.15) is 20.8 Å². The van der Waals surface area contributed by atoms with Gasteiger partial charge in [-0.05, 0) is 23.6 Å². The monoisotopic (exact) mass is 411 g/mol. The normalized spacial score (nSPS) is 15.5. The number of piperazine rings is 1. The quantitative estimate of drug-likeness (QED) is 0.823. The van der Waals surface area contributed by atoms with Crippen molar-refractivity contribution in [1.29, 1.82) is 0 Å². The zero-order chi connectivity index (χ0) is 20.1. The smallest absolute Gasteiger partial charge is 0.350 e. The van der Waals surface area contributed by atoms with Gasteiger partial charge in [0.25, 0.3) is 5.91 Å². The van der Waals surface area contributed by atoms with Crippen LogP contribution in [0.5, 0.6) is 0 Å². The first-order chi connectivity index (χ1) is 13.3. The van der Waals surface area contributed by atoms with Crippen LogP contribution in [0.2, 0.25) is 0 Å². The van der Waals surface area contributed by atoms with Crippen LogP contribution >= 0.6 is 11.3 Å². The number of carbonyl (C=O) groups is 2. The number of nitrogens with zero attached hydrogens (tertiary/aromatic N) is 2. The number of rotatable bonds is 5. The van der Waals surface area contributed by atoms with Gasteiger partial charge >= 0.3 is 6.18 Å². The van der Waals surface area contributed by atoms with Crippen molar-refractivity contribution in [2.45, 2.75) is 12.7 Å². The van der Waals surface area contributed by atoms with Gasteiger partial charge in [0.15, 0.2) is 0 Å². The van der Waals surface area contributed by atoms with Crippen molar-refractivity contribution in [3.05, 3.63) is 57.8 Å². The fourth-order valence-electron chi connectivity index (χ4n) is 3.05. The minimum Gasteiger partial charge on any atom is -0.350 e. The highest BCUT2D eigenvalue weighted by Gasteiger charge is 2.36. The summed E-state index contributed by atoms with van der Waals surface area (Å²) in [4.78, 5) is 29.0. The van der Waals surface area contributed by atoms with Crippen LogP contribution in [-0.4, -0.2) is 54.3 Å². The van der Waals surface area contributed by atoms with Gasteiger partial charge < -0.3 is 10.2 Å². The lowest BCUT2D eigenvalue weighted by Crippen LogP contribution is -2.51. The molecule has 5 nitrogen and oxygen atoms in total. The van der Waals surface area contributed by atoms with Crippen LogP contribution in [0.25, 0.3) is 0 Å². The zero-order valence-electron chi connectivity index (χ0n) is 15.0. The summed E-state index contributed by atoms with van der Waals surface area (Å²) in [6, 6.07) is 8.67. The van der Waals surface area contributed by atoms with E-state index in [2.05, 4.69) is 5.32 Å².